The molecule has 3 heteroatoms. The molecule has 1 atom stereocenters. The smallest absolute Gasteiger partial charge is 0.0781 e. The highest BCUT2D eigenvalue weighted by molar-refractivity contribution is 7.98. The number of ether oxygens (including phenoxy) is 1. The third kappa shape index (κ3) is 8.17. The highest BCUT2D eigenvalue weighted by Gasteiger charge is 2.04. The SMILES string of the molecule is CSCCC(O)COC(C)C. The first-order chi connectivity index (χ1) is 5.16. The van der Waals surface area contributed by atoms with Crippen LogP contribution in [0.2, 0.25) is 0 Å². The van der Waals surface area contributed by atoms with Crippen molar-refractivity contribution >= 4 is 11.8 Å². The first-order valence-corrected chi connectivity index (χ1v) is 5.34. The summed E-state index contributed by atoms with van der Waals surface area (Å²) in [6.45, 7) is 4.42. The zero-order chi connectivity index (χ0) is 8.69. The molecule has 0 heterocycles. The van der Waals surface area contributed by atoms with Crippen LogP contribution in [-0.4, -0.2) is 35.9 Å². The molecule has 68 valence electrons. The van der Waals surface area contributed by atoms with Gasteiger partial charge in [-0.15, -0.1) is 0 Å². The summed E-state index contributed by atoms with van der Waals surface area (Å²) in [6.07, 6.45) is 2.80. The minimum Gasteiger partial charge on any atom is -0.391 e. The Morgan fingerprint density at radius 1 is 1.45 bits per heavy atom. The number of aliphatic hydroxyl groups excluding tert-OH is 1. The van der Waals surface area contributed by atoms with E-state index >= 15 is 0 Å². The van der Waals surface area contributed by atoms with Crippen molar-refractivity contribution in [1.82, 2.24) is 0 Å². The van der Waals surface area contributed by atoms with E-state index in [9.17, 15) is 5.11 Å². The highest BCUT2D eigenvalue weighted by atomic mass is 32.2. The van der Waals surface area contributed by atoms with Crippen molar-refractivity contribution in [3.8, 4) is 0 Å². The maximum absolute atomic E-state index is 9.29. The summed E-state index contributed by atoms with van der Waals surface area (Å²) < 4.78 is 5.24. The lowest BCUT2D eigenvalue weighted by Gasteiger charge is -2.12. The molecule has 0 spiro atoms. The fourth-order valence-corrected chi connectivity index (χ4v) is 1.15. The number of hydrogen-bond donors (Lipinski definition) is 1. The van der Waals surface area contributed by atoms with E-state index in [1.54, 1.807) is 11.8 Å². The van der Waals surface area contributed by atoms with Crippen molar-refractivity contribution in [2.24, 2.45) is 0 Å². The zero-order valence-corrected chi connectivity index (χ0v) is 8.36. The lowest BCUT2D eigenvalue weighted by molar-refractivity contribution is 0.00509. The van der Waals surface area contributed by atoms with E-state index in [1.807, 2.05) is 20.1 Å². The Morgan fingerprint density at radius 3 is 2.55 bits per heavy atom. The summed E-state index contributed by atoms with van der Waals surface area (Å²) in [4.78, 5) is 0. The maximum atomic E-state index is 9.29. The second-order valence-corrected chi connectivity index (χ2v) is 3.80. The number of thioether (sulfide) groups is 1. The molecule has 0 aliphatic heterocycles. The van der Waals surface area contributed by atoms with Crippen molar-refractivity contribution in [2.75, 3.05) is 18.6 Å². The normalized spacial score (nSPS) is 13.9. The van der Waals surface area contributed by atoms with E-state index in [0.29, 0.717) is 6.61 Å². The maximum Gasteiger partial charge on any atom is 0.0781 e. The van der Waals surface area contributed by atoms with Gasteiger partial charge in [0.25, 0.3) is 0 Å². The van der Waals surface area contributed by atoms with Crippen molar-refractivity contribution in [2.45, 2.75) is 32.5 Å². The van der Waals surface area contributed by atoms with Crippen molar-refractivity contribution in [1.29, 1.82) is 0 Å². The molecule has 0 fully saturated rings. The Hall–Kier alpha value is 0.270. The summed E-state index contributed by atoms with van der Waals surface area (Å²) >= 11 is 1.75. The van der Waals surface area contributed by atoms with Gasteiger partial charge in [0.2, 0.25) is 0 Å². The van der Waals surface area contributed by atoms with Gasteiger partial charge in [-0.1, -0.05) is 0 Å². The van der Waals surface area contributed by atoms with Gasteiger partial charge >= 0.3 is 0 Å². The quantitative estimate of drug-likeness (QED) is 0.669. The molecule has 0 aliphatic carbocycles. The van der Waals surface area contributed by atoms with Crippen LogP contribution in [0.4, 0.5) is 0 Å². The number of hydrogen-bond acceptors (Lipinski definition) is 3. The minimum absolute atomic E-state index is 0.221. The van der Waals surface area contributed by atoms with E-state index in [4.69, 9.17) is 4.74 Å². The standard InChI is InChI=1S/C8H18O2S/c1-7(2)10-6-8(9)4-5-11-3/h7-9H,4-6H2,1-3H3. The summed E-state index contributed by atoms with van der Waals surface area (Å²) in [5.41, 5.74) is 0. The van der Waals surface area contributed by atoms with Gasteiger partial charge in [-0.3, -0.25) is 0 Å². The molecule has 0 saturated heterocycles. The zero-order valence-electron chi connectivity index (χ0n) is 7.54. The third-order valence-corrected chi connectivity index (χ3v) is 1.92. The van der Waals surface area contributed by atoms with Gasteiger partial charge in [0.1, 0.15) is 0 Å². The van der Waals surface area contributed by atoms with E-state index in [-0.39, 0.29) is 12.2 Å². The Bertz CT molecular complexity index is 86.2. The van der Waals surface area contributed by atoms with Gasteiger partial charge < -0.3 is 9.84 Å². The van der Waals surface area contributed by atoms with Gasteiger partial charge in [0.05, 0.1) is 18.8 Å². The summed E-state index contributed by atoms with van der Waals surface area (Å²) in [6, 6.07) is 0. The van der Waals surface area contributed by atoms with Gasteiger partial charge in [-0.05, 0) is 32.3 Å². The average Bonchev–Trinajstić information content (AvgIpc) is 1.97. The Morgan fingerprint density at radius 2 is 2.09 bits per heavy atom. The van der Waals surface area contributed by atoms with Crippen LogP contribution in [0, 0.1) is 0 Å². The predicted molar refractivity (Wildman–Crippen MR) is 50.1 cm³/mol. The third-order valence-electron chi connectivity index (χ3n) is 1.28. The van der Waals surface area contributed by atoms with Crippen molar-refractivity contribution in [3.63, 3.8) is 0 Å². The molecule has 2 nitrogen and oxygen atoms in total. The topological polar surface area (TPSA) is 29.5 Å². The van der Waals surface area contributed by atoms with Crippen LogP contribution in [-0.2, 0) is 4.74 Å². The lowest BCUT2D eigenvalue weighted by Crippen LogP contribution is -2.18. The summed E-state index contributed by atoms with van der Waals surface area (Å²) in [5.74, 6) is 1.00. The predicted octanol–water partition coefficient (Wildman–Crippen LogP) is 1.53. The average molecular weight is 178 g/mol. The van der Waals surface area contributed by atoms with Crippen LogP contribution in [0.3, 0.4) is 0 Å². The molecular formula is C8H18O2S. The second-order valence-electron chi connectivity index (χ2n) is 2.82. The Kier molecular flexibility index (Phi) is 7.12. The fourth-order valence-electron chi connectivity index (χ4n) is 0.641. The molecule has 1 N–H and O–H groups in total. The van der Waals surface area contributed by atoms with Gasteiger partial charge in [-0.25, -0.2) is 0 Å². The van der Waals surface area contributed by atoms with E-state index in [1.165, 1.54) is 0 Å². The van der Waals surface area contributed by atoms with E-state index < -0.39 is 0 Å². The van der Waals surface area contributed by atoms with Crippen molar-refractivity contribution < 1.29 is 9.84 Å². The molecule has 11 heavy (non-hydrogen) atoms. The van der Waals surface area contributed by atoms with Crippen LogP contribution in [0.15, 0.2) is 0 Å². The first kappa shape index (κ1) is 11.3. The van der Waals surface area contributed by atoms with Crippen LogP contribution in [0.1, 0.15) is 20.3 Å². The fraction of sp³-hybridized carbons (Fsp3) is 1.00. The lowest BCUT2D eigenvalue weighted by atomic mass is 10.3. The van der Waals surface area contributed by atoms with Gasteiger partial charge in [-0.2, -0.15) is 11.8 Å². The van der Waals surface area contributed by atoms with Crippen LogP contribution >= 0.6 is 11.8 Å². The molecule has 1 unspecified atom stereocenters. The molecular weight excluding hydrogens is 160 g/mol. The first-order valence-electron chi connectivity index (χ1n) is 3.95. The summed E-state index contributed by atoms with van der Waals surface area (Å²) in [5, 5.41) is 9.29. The molecule has 0 aromatic heterocycles. The Balaban J connectivity index is 3.15. The van der Waals surface area contributed by atoms with Crippen molar-refractivity contribution in [3.05, 3.63) is 0 Å². The molecule has 0 rings (SSSR count). The van der Waals surface area contributed by atoms with Crippen LogP contribution in [0.25, 0.3) is 0 Å². The number of rotatable bonds is 6. The van der Waals surface area contributed by atoms with Gasteiger partial charge in [0.15, 0.2) is 0 Å². The summed E-state index contributed by atoms with van der Waals surface area (Å²) in [7, 11) is 0. The molecule has 0 aromatic carbocycles. The molecule has 0 aromatic rings. The molecule has 0 aliphatic rings. The molecule has 0 radical (unpaired) electrons. The molecule has 0 amide bonds. The monoisotopic (exact) mass is 178 g/mol. The van der Waals surface area contributed by atoms with Gasteiger partial charge in [0, 0.05) is 0 Å². The second kappa shape index (κ2) is 6.95. The van der Waals surface area contributed by atoms with Crippen LogP contribution in [0.5, 0.6) is 0 Å². The Labute approximate surface area is 73.3 Å². The van der Waals surface area contributed by atoms with E-state index in [2.05, 4.69) is 0 Å². The number of aliphatic hydroxyl groups is 1. The van der Waals surface area contributed by atoms with E-state index in [0.717, 1.165) is 12.2 Å². The largest absolute Gasteiger partial charge is 0.391 e. The molecule has 0 saturated carbocycles. The van der Waals surface area contributed by atoms with Crippen LogP contribution < -0.4 is 0 Å². The highest BCUT2D eigenvalue weighted by Crippen LogP contribution is 2.01. The minimum atomic E-state index is -0.287. The molecule has 0 bridgehead atoms.